The van der Waals surface area contributed by atoms with Gasteiger partial charge in [-0.2, -0.15) is 0 Å². The summed E-state index contributed by atoms with van der Waals surface area (Å²) in [4.78, 5) is 11.9. The van der Waals surface area contributed by atoms with Crippen LogP contribution in [0, 0.1) is 12.8 Å². The Kier molecular flexibility index (Phi) is 4.70. The summed E-state index contributed by atoms with van der Waals surface area (Å²) >= 11 is 0. The summed E-state index contributed by atoms with van der Waals surface area (Å²) in [6.45, 7) is 8.46. The Labute approximate surface area is 103 Å². The fourth-order valence-corrected chi connectivity index (χ4v) is 1.70. The van der Waals surface area contributed by atoms with Crippen molar-refractivity contribution >= 4 is 11.6 Å². The molecule has 17 heavy (non-hydrogen) atoms. The minimum atomic E-state index is -0.158. The van der Waals surface area contributed by atoms with Crippen molar-refractivity contribution in [2.45, 2.75) is 33.6 Å². The lowest BCUT2D eigenvalue weighted by Gasteiger charge is -2.18. The van der Waals surface area contributed by atoms with Crippen LogP contribution in [-0.4, -0.2) is 12.5 Å². The minimum absolute atomic E-state index is 0.0105. The van der Waals surface area contributed by atoms with Gasteiger partial charge in [0.1, 0.15) is 0 Å². The first-order valence-corrected chi connectivity index (χ1v) is 6.07. The topological polar surface area (TPSA) is 55.1 Å². The first-order chi connectivity index (χ1) is 7.97. The molecule has 0 aromatic heterocycles. The molecule has 0 spiro atoms. The molecule has 0 aliphatic carbocycles. The third kappa shape index (κ3) is 3.30. The lowest BCUT2D eigenvalue weighted by atomic mass is 9.97. The van der Waals surface area contributed by atoms with Crippen molar-refractivity contribution in [3.05, 3.63) is 29.3 Å². The van der Waals surface area contributed by atoms with Gasteiger partial charge in [-0.1, -0.05) is 39.0 Å². The number of rotatable bonds is 4. The molecule has 1 amide bonds. The van der Waals surface area contributed by atoms with Crippen molar-refractivity contribution < 1.29 is 4.79 Å². The second kappa shape index (κ2) is 5.82. The van der Waals surface area contributed by atoms with Crippen LogP contribution in [0.3, 0.4) is 0 Å². The number of benzene rings is 1. The van der Waals surface area contributed by atoms with E-state index < -0.39 is 0 Å². The molecule has 3 heteroatoms. The molecule has 1 aromatic carbocycles. The van der Waals surface area contributed by atoms with Gasteiger partial charge in [-0.3, -0.25) is 4.79 Å². The number of nitrogens with one attached hydrogen (secondary N) is 1. The van der Waals surface area contributed by atoms with Crippen molar-refractivity contribution in [2.75, 3.05) is 11.9 Å². The summed E-state index contributed by atoms with van der Waals surface area (Å²) in [6.07, 6.45) is 0. The van der Waals surface area contributed by atoms with Crippen LogP contribution in [0.1, 0.15) is 37.8 Å². The van der Waals surface area contributed by atoms with E-state index in [0.29, 0.717) is 12.5 Å². The number of aryl methyl sites for hydroxylation is 1. The fourth-order valence-electron chi connectivity index (χ4n) is 1.70. The molecule has 1 unspecified atom stereocenters. The monoisotopic (exact) mass is 234 g/mol. The summed E-state index contributed by atoms with van der Waals surface area (Å²) in [5.41, 5.74) is 8.70. The highest BCUT2D eigenvalue weighted by Crippen LogP contribution is 2.27. The molecule has 0 fully saturated rings. The highest BCUT2D eigenvalue weighted by Gasteiger charge is 2.15. The zero-order valence-electron chi connectivity index (χ0n) is 11.1. The summed E-state index contributed by atoms with van der Waals surface area (Å²) < 4.78 is 0. The van der Waals surface area contributed by atoms with Gasteiger partial charge in [0.05, 0.1) is 0 Å². The molecule has 1 atom stereocenters. The van der Waals surface area contributed by atoms with Gasteiger partial charge in [-0.25, -0.2) is 0 Å². The van der Waals surface area contributed by atoms with Gasteiger partial charge >= 0.3 is 0 Å². The molecular formula is C14H22N2O. The number of amides is 1. The van der Waals surface area contributed by atoms with Crippen LogP contribution in [0.15, 0.2) is 18.2 Å². The Bertz CT molecular complexity index is 399. The van der Waals surface area contributed by atoms with Crippen LogP contribution in [-0.2, 0) is 4.79 Å². The summed E-state index contributed by atoms with van der Waals surface area (Å²) in [5, 5.41) is 2.99. The van der Waals surface area contributed by atoms with E-state index in [1.165, 1.54) is 5.56 Å². The van der Waals surface area contributed by atoms with Gasteiger partial charge in [0.2, 0.25) is 5.91 Å². The van der Waals surface area contributed by atoms with Gasteiger partial charge in [0, 0.05) is 18.2 Å². The number of para-hydroxylation sites is 1. The Hall–Kier alpha value is -1.35. The molecule has 1 rings (SSSR count). The number of carbonyl (C=O) groups excluding carboxylic acids is 1. The van der Waals surface area contributed by atoms with Gasteiger partial charge in [-0.15, -0.1) is 0 Å². The smallest absolute Gasteiger partial charge is 0.228 e. The zero-order valence-corrected chi connectivity index (χ0v) is 11.1. The fraction of sp³-hybridized carbons (Fsp3) is 0.500. The quantitative estimate of drug-likeness (QED) is 0.841. The van der Waals surface area contributed by atoms with E-state index in [4.69, 9.17) is 5.73 Å². The number of nitrogens with two attached hydrogens (primary N) is 1. The third-order valence-electron chi connectivity index (χ3n) is 2.98. The van der Waals surface area contributed by atoms with E-state index >= 15 is 0 Å². The van der Waals surface area contributed by atoms with Crippen LogP contribution in [0.2, 0.25) is 0 Å². The molecular weight excluding hydrogens is 212 g/mol. The van der Waals surface area contributed by atoms with E-state index in [9.17, 15) is 4.79 Å². The van der Waals surface area contributed by atoms with Crippen LogP contribution in [0.5, 0.6) is 0 Å². The zero-order chi connectivity index (χ0) is 13.0. The van der Waals surface area contributed by atoms with Crippen molar-refractivity contribution in [1.29, 1.82) is 0 Å². The van der Waals surface area contributed by atoms with Crippen molar-refractivity contribution in [1.82, 2.24) is 0 Å². The van der Waals surface area contributed by atoms with E-state index in [1.54, 1.807) is 0 Å². The summed E-state index contributed by atoms with van der Waals surface area (Å²) in [6, 6.07) is 6.09. The van der Waals surface area contributed by atoms with Crippen LogP contribution in [0.4, 0.5) is 5.69 Å². The van der Waals surface area contributed by atoms with Crippen LogP contribution in [0.25, 0.3) is 0 Å². The molecule has 0 aliphatic rings. The maximum atomic E-state index is 11.9. The summed E-state index contributed by atoms with van der Waals surface area (Å²) in [5.74, 6) is 0.219. The van der Waals surface area contributed by atoms with Gasteiger partial charge in [-0.05, 0) is 24.0 Å². The van der Waals surface area contributed by atoms with E-state index in [-0.39, 0.29) is 11.8 Å². The number of hydrogen-bond acceptors (Lipinski definition) is 2. The second-order valence-corrected chi connectivity index (χ2v) is 4.82. The third-order valence-corrected chi connectivity index (χ3v) is 2.98. The molecule has 3 N–H and O–H groups in total. The SMILES string of the molecule is Cc1cccc(C(C)C)c1NC(=O)C(C)CN. The highest BCUT2D eigenvalue weighted by atomic mass is 16.1. The van der Waals surface area contributed by atoms with E-state index in [2.05, 4.69) is 25.2 Å². The number of anilines is 1. The van der Waals surface area contributed by atoms with Gasteiger partial charge in [0.25, 0.3) is 0 Å². The molecule has 94 valence electrons. The predicted molar refractivity (Wildman–Crippen MR) is 72.1 cm³/mol. The average Bonchev–Trinajstić information content (AvgIpc) is 2.30. The molecule has 0 saturated heterocycles. The Morgan fingerprint density at radius 3 is 2.53 bits per heavy atom. The standard InChI is InChI=1S/C14H22N2O/c1-9(2)12-7-5-6-10(3)13(12)16-14(17)11(4)8-15/h5-7,9,11H,8,15H2,1-4H3,(H,16,17). The maximum absolute atomic E-state index is 11.9. The van der Waals surface area contributed by atoms with Crippen LogP contribution < -0.4 is 11.1 Å². The number of hydrogen-bond donors (Lipinski definition) is 2. The molecule has 0 saturated carbocycles. The van der Waals surface area contributed by atoms with Gasteiger partial charge in [0.15, 0.2) is 0 Å². The van der Waals surface area contributed by atoms with Crippen LogP contribution >= 0.6 is 0 Å². The average molecular weight is 234 g/mol. The summed E-state index contributed by atoms with van der Waals surface area (Å²) in [7, 11) is 0. The largest absolute Gasteiger partial charge is 0.330 e. The lowest BCUT2D eigenvalue weighted by Crippen LogP contribution is -2.27. The van der Waals surface area contributed by atoms with Gasteiger partial charge < -0.3 is 11.1 Å². The van der Waals surface area contributed by atoms with Crippen molar-refractivity contribution in [2.24, 2.45) is 11.7 Å². The van der Waals surface area contributed by atoms with E-state index in [1.807, 2.05) is 26.0 Å². The normalized spacial score (nSPS) is 12.6. The first kappa shape index (κ1) is 13.7. The predicted octanol–water partition coefficient (Wildman–Crippen LogP) is 2.65. The molecule has 0 bridgehead atoms. The highest BCUT2D eigenvalue weighted by molar-refractivity contribution is 5.94. The second-order valence-electron chi connectivity index (χ2n) is 4.82. The van der Waals surface area contributed by atoms with E-state index in [0.717, 1.165) is 11.3 Å². The Balaban J connectivity index is 3.01. The molecule has 0 aliphatic heterocycles. The van der Waals surface area contributed by atoms with Crippen molar-refractivity contribution in [3.8, 4) is 0 Å². The molecule has 0 radical (unpaired) electrons. The Morgan fingerprint density at radius 2 is 2.00 bits per heavy atom. The minimum Gasteiger partial charge on any atom is -0.330 e. The molecule has 1 aromatic rings. The lowest BCUT2D eigenvalue weighted by molar-refractivity contribution is -0.119. The first-order valence-electron chi connectivity index (χ1n) is 6.07. The molecule has 3 nitrogen and oxygen atoms in total. The Morgan fingerprint density at radius 1 is 1.35 bits per heavy atom. The molecule has 0 heterocycles. The number of carbonyl (C=O) groups is 1. The van der Waals surface area contributed by atoms with Crippen molar-refractivity contribution in [3.63, 3.8) is 0 Å². The maximum Gasteiger partial charge on any atom is 0.228 e.